The molecule has 0 bridgehead atoms. The van der Waals surface area contributed by atoms with Gasteiger partial charge < -0.3 is 4.42 Å². The fraction of sp³-hybridized carbons (Fsp3) is 0.0270. The van der Waals surface area contributed by atoms with Crippen molar-refractivity contribution in [1.29, 1.82) is 0 Å². The van der Waals surface area contributed by atoms with E-state index in [4.69, 9.17) is 15.4 Å². The van der Waals surface area contributed by atoms with Crippen LogP contribution in [0.25, 0.3) is 76.5 Å². The molecule has 8 rings (SSSR count). The predicted octanol–water partition coefficient (Wildman–Crippen LogP) is 10.7. The molecule has 0 N–H and O–H groups in total. The van der Waals surface area contributed by atoms with Crippen LogP contribution in [0.1, 0.15) is 16.5 Å². The van der Waals surface area contributed by atoms with E-state index in [0.717, 1.165) is 32.7 Å². The van der Waals surface area contributed by atoms with Gasteiger partial charge in [-0.1, -0.05) is 115 Å². The molecule has 0 spiro atoms. The first-order valence-corrected chi connectivity index (χ1v) is 12.5. The predicted molar refractivity (Wildman–Crippen MR) is 162 cm³/mol. The SMILES string of the molecule is [2H]c1c([2H])c([2H])c2c(-c3ccc4oc5c6ccccc6cc(C)c5c4c3)c3c([2H])c([2H])c([2H])c([2H])c3c(-c3ccccc3)c2c1[2H]. The molecule has 0 fully saturated rings. The normalized spacial score (nSPS) is 14.8. The van der Waals surface area contributed by atoms with Gasteiger partial charge in [-0.25, -0.2) is 0 Å². The van der Waals surface area contributed by atoms with Crippen molar-refractivity contribution in [3.05, 3.63) is 133 Å². The summed E-state index contributed by atoms with van der Waals surface area (Å²) < 4.78 is 77.4. The van der Waals surface area contributed by atoms with Gasteiger partial charge in [0, 0.05) is 16.2 Å². The third-order valence-corrected chi connectivity index (χ3v) is 7.39. The van der Waals surface area contributed by atoms with Crippen molar-refractivity contribution >= 4 is 54.3 Å². The largest absolute Gasteiger partial charge is 0.455 e. The molecule has 0 aliphatic heterocycles. The fourth-order valence-corrected chi connectivity index (χ4v) is 5.78. The molecule has 7 aromatic carbocycles. The number of hydrogen-bond acceptors (Lipinski definition) is 1. The minimum Gasteiger partial charge on any atom is -0.455 e. The van der Waals surface area contributed by atoms with Gasteiger partial charge in [0.05, 0.1) is 11.0 Å². The lowest BCUT2D eigenvalue weighted by atomic mass is 9.85. The molecule has 38 heavy (non-hydrogen) atoms. The molecule has 1 aromatic heterocycles. The summed E-state index contributed by atoms with van der Waals surface area (Å²) in [6.07, 6.45) is 0. The van der Waals surface area contributed by atoms with Crippen LogP contribution in [0.15, 0.2) is 132 Å². The molecular formula is C37H24O. The van der Waals surface area contributed by atoms with Crippen LogP contribution in [0.4, 0.5) is 0 Å². The lowest BCUT2D eigenvalue weighted by Crippen LogP contribution is -1.90. The number of furan rings is 1. The van der Waals surface area contributed by atoms with Gasteiger partial charge in [-0.05, 0) is 73.8 Å². The molecule has 0 aliphatic carbocycles. The van der Waals surface area contributed by atoms with E-state index < -0.39 is 24.2 Å². The number of rotatable bonds is 2. The summed E-state index contributed by atoms with van der Waals surface area (Å²) in [4.78, 5) is 0. The Morgan fingerprint density at radius 2 is 1.16 bits per heavy atom. The Bertz CT molecular complexity index is 2540. The number of fused-ring (bicyclic) bond motifs is 7. The Morgan fingerprint density at radius 1 is 0.553 bits per heavy atom. The molecule has 0 saturated heterocycles. The third-order valence-electron chi connectivity index (χ3n) is 7.39. The lowest BCUT2D eigenvalue weighted by Gasteiger charge is -2.17. The molecule has 1 heteroatoms. The van der Waals surface area contributed by atoms with Crippen LogP contribution >= 0.6 is 0 Å². The minimum atomic E-state index is -0.421. The summed E-state index contributed by atoms with van der Waals surface area (Å²) in [5.41, 5.74) is 4.16. The Labute approximate surface area is 231 Å². The topological polar surface area (TPSA) is 13.1 Å². The highest BCUT2D eigenvalue weighted by atomic mass is 16.3. The summed E-state index contributed by atoms with van der Waals surface area (Å²) in [5, 5.41) is 4.50. The lowest BCUT2D eigenvalue weighted by molar-refractivity contribution is 0.672. The molecule has 0 unspecified atom stereocenters. The Hall–Kier alpha value is -4.88. The highest BCUT2D eigenvalue weighted by molar-refractivity contribution is 6.23. The van der Waals surface area contributed by atoms with Crippen LogP contribution in [-0.4, -0.2) is 0 Å². The van der Waals surface area contributed by atoms with Crippen LogP contribution in [0.5, 0.6) is 0 Å². The molecule has 1 heterocycles. The number of hydrogen-bond donors (Lipinski definition) is 0. The van der Waals surface area contributed by atoms with Crippen LogP contribution in [0, 0.1) is 6.92 Å². The molecular weight excluding hydrogens is 460 g/mol. The monoisotopic (exact) mass is 492 g/mol. The Balaban J connectivity index is 1.64. The maximum Gasteiger partial charge on any atom is 0.143 e. The van der Waals surface area contributed by atoms with E-state index in [2.05, 4.69) is 6.07 Å². The van der Waals surface area contributed by atoms with Gasteiger partial charge in [0.15, 0.2) is 0 Å². The van der Waals surface area contributed by atoms with E-state index in [9.17, 15) is 0 Å². The average molecular weight is 493 g/mol. The van der Waals surface area contributed by atoms with Crippen LogP contribution in [0.3, 0.4) is 0 Å². The maximum atomic E-state index is 9.16. The summed E-state index contributed by atoms with van der Waals surface area (Å²) in [7, 11) is 0. The minimum absolute atomic E-state index is 0.191. The van der Waals surface area contributed by atoms with Gasteiger partial charge in [-0.15, -0.1) is 0 Å². The van der Waals surface area contributed by atoms with Gasteiger partial charge in [0.1, 0.15) is 11.2 Å². The van der Waals surface area contributed by atoms with Crippen molar-refractivity contribution in [3.63, 3.8) is 0 Å². The van der Waals surface area contributed by atoms with Gasteiger partial charge >= 0.3 is 0 Å². The summed E-state index contributed by atoms with van der Waals surface area (Å²) >= 11 is 0. The molecule has 0 saturated carbocycles. The van der Waals surface area contributed by atoms with Crippen molar-refractivity contribution in [3.8, 4) is 22.3 Å². The van der Waals surface area contributed by atoms with E-state index in [1.54, 1.807) is 30.3 Å². The summed E-state index contributed by atoms with van der Waals surface area (Å²) in [6, 6.07) is 21.8. The highest BCUT2D eigenvalue weighted by Crippen LogP contribution is 2.45. The molecule has 178 valence electrons. The van der Waals surface area contributed by atoms with Crippen molar-refractivity contribution in [2.45, 2.75) is 6.92 Å². The van der Waals surface area contributed by atoms with Crippen molar-refractivity contribution in [2.75, 3.05) is 0 Å². The quantitative estimate of drug-likeness (QED) is 0.219. The first-order chi connectivity index (χ1) is 22.1. The maximum absolute atomic E-state index is 9.16. The number of aryl methyl sites for hydroxylation is 1. The van der Waals surface area contributed by atoms with Gasteiger partial charge in [0.2, 0.25) is 0 Å². The van der Waals surface area contributed by atoms with Gasteiger partial charge in [0.25, 0.3) is 0 Å². The van der Waals surface area contributed by atoms with Crippen molar-refractivity contribution < 1.29 is 15.4 Å². The second-order valence-corrected chi connectivity index (χ2v) is 9.55. The van der Waals surface area contributed by atoms with Crippen LogP contribution in [0.2, 0.25) is 0 Å². The molecule has 0 amide bonds. The molecule has 1 nitrogen and oxygen atoms in total. The fourth-order valence-electron chi connectivity index (χ4n) is 5.78. The number of benzene rings is 7. The second-order valence-electron chi connectivity index (χ2n) is 9.55. The Morgan fingerprint density at radius 3 is 1.84 bits per heavy atom. The zero-order valence-electron chi connectivity index (χ0n) is 28.4. The van der Waals surface area contributed by atoms with Crippen molar-refractivity contribution in [2.24, 2.45) is 0 Å². The van der Waals surface area contributed by atoms with E-state index in [0.29, 0.717) is 27.8 Å². The zero-order valence-corrected chi connectivity index (χ0v) is 20.4. The van der Waals surface area contributed by atoms with Crippen LogP contribution < -0.4 is 0 Å². The smallest absolute Gasteiger partial charge is 0.143 e. The first kappa shape index (κ1) is 14.8. The molecule has 0 radical (unpaired) electrons. The third kappa shape index (κ3) is 2.99. The molecule has 8 aromatic rings. The van der Waals surface area contributed by atoms with Gasteiger partial charge in [-0.2, -0.15) is 0 Å². The highest BCUT2D eigenvalue weighted by Gasteiger charge is 2.18. The van der Waals surface area contributed by atoms with E-state index in [1.165, 1.54) is 0 Å². The molecule has 0 atom stereocenters. The Kier molecular flexibility index (Phi) is 3.13. The summed E-state index contributed by atoms with van der Waals surface area (Å²) in [6.45, 7) is 2.02. The first-order valence-electron chi connectivity index (χ1n) is 16.5. The second kappa shape index (κ2) is 8.06. The van der Waals surface area contributed by atoms with E-state index >= 15 is 0 Å². The van der Waals surface area contributed by atoms with Crippen LogP contribution in [-0.2, 0) is 0 Å². The summed E-state index contributed by atoms with van der Waals surface area (Å²) in [5.74, 6) is 0. The average Bonchev–Trinajstić information content (AvgIpc) is 3.47. The molecule has 0 aliphatic rings. The van der Waals surface area contributed by atoms with Crippen molar-refractivity contribution in [1.82, 2.24) is 0 Å². The van der Waals surface area contributed by atoms with E-state index in [-0.39, 0.29) is 45.7 Å². The standard InChI is InChI=1S/C37H24O/c1-23-21-25-13-5-6-14-27(25)37-34(23)32-22-26(19-20-33(32)38-37)36-30-17-9-7-15-28(30)35(24-11-3-2-4-12-24)29-16-8-10-18-31(29)36/h2-22H,1H3/i7D,8D,9D,10D,15D,16D,17D,18D. The zero-order chi connectivity index (χ0) is 32.2. The van der Waals surface area contributed by atoms with E-state index in [1.807, 2.05) is 49.4 Å². The van der Waals surface area contributed by atoms with Gasteiger partial charge in [-0.3, -0.25) is 0 Å².